The van der Waals surface area contributed by atoms with Crippen LogP contribution in [0.3, 0.4) is 0 Å². The van der Waals surface area contributed by atoms with Crippen molar-refractivity contribution in [2.45, 2.75) is 27.7 Å². The van der Waals surface area contributed by atoms with E-state index in [2.05, 4.69) is 82.0 Å². The lowest BCUT2D eigenvalue weighted by Gasteiger charge is -2.11. The third-order valence-corrected chi connectivity index (χ3v) is 5.52. The van der Waals surface area contributed by atoms with Gasteiger partial charge in [-0.1, -0.05) is 75.9 Å². The maximum Gasteiger partial charge on any atom is -0.0184 e. The van der Waals surface area contributed by atoms with E-state index in [1.165, 1.54) is 38.4 Å². The van der Waals surface area contributed by atoms with Gasteiger partial charge in [-0.15, -0.1) is 0 Å². The molecule has 2 aromatic carbocycles. The Balaban J connectivity index is 2.16. The molecule has 1 heteroatoms. The molecule has 0 amide bonds. The highest BCUT2D eigenvalue weighted by Gasteiger charge is 2.05. The van der Waals surface area contributed by atoms with Gasteiger partial charge in [0, 0.05) is 0 Å². The lowest BCUT2D eigenvalue weighted by molar-refractivity contribution is 1.37. The molecule has 0 aromatic heterocycles. The second kappa shape index (κ2) is 8.09. The minimum Gasteiger partial charge on any atom is -0.0906 e. The van der Waals surface area contributed by atoms with Crippen LogP contribution in [-0.4, -0.2) is 0 Å². The Hall–Kier alpha value is -1.91. The topological polar surface area (TPSA) is 0 Å². The molecular formula is C22H25P. The molecule has 1 atom stereocenters. The van der Waals surface area contributed by atoms with Crippen molar-refractivity contribution >= 4 is 24.8 Å². The van der Waals surface area contributed by atoms with Crippen molar-refractivity contribution in [3.05, 3.63) is 89.5 Å². The summed E-state index contributed by atoms with van der Waals surface area (Å²) in [6.07, 6.45) is 6.26. The van der Waals surface area contributed by atoms with Gasteiger partial charge in [0.1, 0.15) is 0 Å². The molecule has 23 heavy (non-hydrogen) atoms. The zero-order chi connectivity index (χ0) is 16.8. The fourth-order valence-electron chi connectivity index (χ4n) is 2.39. The molecule has 0 bridgehead atoms. The Labute approximate surface area is 142 Å². The van der Waals surface area contributed by atoms with Gasteiger partial charge in [-0.05, 0) is 66.1 Å². The van der Waals surface area contributed by atoms with Crippen molar-refractivity contribution in [2.75, 3.05) is 0 Å². The summed E-state index contributed by atoms with van der Waals surface area (Å²) >= 11 is 0. The van der Waals surface area contributed by atoms with E-state index < -0.39 is 0 Å². The SMILES string of the molecule is C=C(Pc1cccc(C)c1C)c1ccc(/C(C)=C/C=C\C)cc1. The van der Waals surface area contributed by atoms with Gasteiger partial charge in [0.25, 0.3) is 0 Å². The van der Waals surface area contributed by atoms with Gasteiger partial charge in [-0.25, -0.2) is 0 Å². The van der Waals surface area contributed by atoms with Gasteiger partial charge in [0.15, 0.2) is 0 Å². The second-order valence-electron chi connectivity index (χ2n) is 5.80. The van der Waals surface area contributed by atoms with E-state index in [1.54, 1.807) is 0 Å². The molecule has 0 saturated carbocycles. The molecule has 1 unspecified atom stereocenters. The number of rotatable bonds is 5. The zero-order valence-electron chi connectivity index (χ0n) is 14.5. The molecule has 2 aromatic rings. The van der Waals surface area contributed by atoms with Crippen molar-refractivity contribution < 1.29 is 0 Å². The largest absolute Gasteiger partial charge is 0.0906 e. The van der Waals surface area contributed by atoms with E-state index in [-0.39, 0.29) is 0 Å². The summed E-state index contributed by atoms with van der Waals surface area (Å²) in [6, 6.07) is 15.2. The summed E-state index contributed by atoms with van der Waals surface area (Å²) in [5.74, 6) is 0. The Morgan fingerprint density at radius 1 is 1.00 bits per heavy atom. The van der Waals surface area contributed by atoms with Crippen molar-refractivity contribution in [3.8, 4) is 0 Å². The predicted octanol–water partition coefficient (Wildman–Crippen LogP) is 6.26. The van der Waals surface area contributed by atoms with E-state index in [1.807, 2.05) is 13.0 Å². The predicted molar refractivity (Wildman–Crippen MR) is 108 cm³/mol. The first kappa shape index (κ1) is 17.4. The van der Waals surface area contributed by atoms with E-state index in [0.29, 0.717) is 8.58 Å². The highest BCUT2D eigenvalue weighted by Crippen LogP contribution is 2.33. The van der Waals surface area contributed by atoms with Crippen LogP contribution < -0.4 is 5.30 Å². The maximum absolute atomic E-state index is 4.30. The zero-order valence-corrected chi connectivity index (χ0v) is 15.5. The molecule has 0 N–H and O–H groups in total. The Morgan fingerprint density at radius 2 is 1.65 bits per heavy atom. The van der Waals surface area contributed by atoms with Gasteiger partial charge in [-0.3, -0.25) is 0 Å². The smallest absolute Gasteiger partial charge is 0.0184 e. The fraction of sp³-hybridized carbons (Fsp3) is 0.182. The van der Waals surface area contributed by atoms with Gasteiger partial charge in [-0.2, -0.15) is 0 Å². The first-order chi connectivity index (χ1) is 11.0. The number of hydrogen-bond acceptors (Lipinski definition) is 0. The van der Waals surface area contributed by atoms with Crippen LogP contribution in [0.25, 0.3) is 10.9 Å². The first-order valence-corrected chi connectivity index (χ1v) is 8.95. The summed E-state index contributed by atoms with van der Waals surface area (Å²) in [7, 11) is 0.622. The quantitative estimate of drug-likeness (QED) is 0.451. The summed E-state index contributed by atoms with van der Waals surface area (Å²) in [5, 5.41) is 2.59. The van der Waals surface area contributed by atoms with Crippen LogP contribution in [-0.2, 0) is 0 Å². The Morgan fingerprint density at radius 3 is 2.30 bits per heavy atom. The van der Waals surface area contributed by atoms with Crippen LogP contribution in [0.2, 0.25) is 0 Å². The van der Waals surface area contributed by atoms with Crippen LogP contribution in [0.4, 0.5) is 0 Å². The molecule has 0 nitrogen and oxygen atoms in total. The van der Waals surface area contributed by atoms with Crippen LogP contribution in [0.15, 0.2) is 67.3 Å². The third-order valence-electron chi connectivity index (χ3n) is 4.12. The van der Waals surface area contributed by atoms with Crippen LogP contribution in [0, 0.1) is 13.8 Å². The molecule has 0 saturated heterocycles. The van der Waals surface area contributed by atoms with E-state index in [9.17, 15) is 0 Å². The Kier molecular flexibility index (Phi) is 6.13. The second-order valence-corrected chi connectivity index (χ2v) is 7.20. The van der Waals surface area contributed by atoms with Gasteiger partial charge < -0.3 is 0 Å². The average Bonchev–Trinajstić information content (AvgIpc) is 2.57. The number of benzene rings is 2. The molecule has 2 rings (SSSR count). The lowest BCUT2D eigenvalue weighted by Crippen LogP contribution is -2.01. The van der Waals surface area contributed by atoms with Gasteiger partial charge in [0.2, 0.25) is 0 Å². The summed E-state index contributed by atoms with van der Waals surface area (Å²) in [6.45, 7) is 12.8. The highest BCUT2D eigenvalue weighted by atomic mass is 31.1. The van der Waals surface area contributed by atoms with Crippen LogP contribution in [0.1, 0.15) is 36.1 Å². The maximum atomic E-state index is 4.30. The van der Waals surface area contributed by atoms with Crippen LogP contribution >= 0.6 is 8.58 Å². The lowest BCUT2D eigenvalue weighted by atomic mass is 10.0. The molecule has 118 valence electrons. The third kappa shape index (κ3) is 4.53. The van der Waals surface area contributed by atoms with Crippen LogP contribution in [0.5, 0.6) is 0 Å². The number of hydrogen-bond donors (Lipinski definition) is 0. The van der Waals surface area contributed by atoms with E-state index in [0.717, 1.165) is 0 Å². The number of allylic oxidation sites excluding steroid dienone is 4. The molecule has 0 aliphatic carbocycles. The minimum atomic E-state index is 0.622. The van der Waals surface area contributed by atoms with Gasteiger partial charge >= 0.3 is 0 Å². The molecule has 0 aliphatic heterocycles. The Bertz CT molecular complexity index is 746. The summed E-state index contributed by atoms with van der Waals surface area (Å²) in [4.78, 5) is 0. The molecule has 0 fully saturated rings. The van der Waals surface area contributed by atoms with Crippen molar-refractivity contribution in [1.29, 1.82) is 0 Å². The molecule has 0 aliphatic rings. The monoisotopic (exact) mass is 320 g/mol. The molecule has 0 spiro atoms. The first-order valence-electron chi connectivity index (χ1n) is 7.95. The van der Waals surface area contributed by atoms with Crippen molar-refractivity contribution in [3.63, 3.8) is 0 Å². The molecule has 0 radical (unpaired) electrons. The molecular weight excluding hydrogens is 295 g/mol. The summed E-state index contributed by atoms with van der Waals surface area (Å²) in [5.41, 5.74) is 6.50. The summed E-state index contributed by atoms with van der Waals surface area (Å²) < 4.78 is 0. The standard InChI is InChI=1S/C22H25P/c1-6-7-9-17(3)20-12-14-21(15-13-20)19(5)23-22-11-8-10-16(2)18(22)4/h6-15,23H,5H2,1-4H3/b7-6-,17-9+. The average molecular weight is 320 g/mol. The molecule has 0 heterocycles. The van der Waals surface area contributed by atoms with Crippen molar-refractivity contribution in [2.24, 2.45) is 0 Å². The fourth-order valence-corrected chi connectivity index (χ4v) is 3.59. The number of aryl methyl sites for hydroxylation is 1. The van der Waals surface area contributed by atoms with E-state index >= 15 is 0 Å². The normalized spacial score (nSPS) is 12.4. The van der Waals surface area contributed by atoms with E-state index in [4.69, 9.17) is 0 Å². The highest BCUT2D eigenvalue weighted by molar-refractivity contribution is 7.58. The minimum absolute atomic E-state index is 0.622. The van der Waals surface area contributed by atoms with Crippen molar-refractivity contribution in [1.82, 2.24) is 0 Å². The van der Waals surface area contributed by atoms with Gasteiger partial charge in [0.05, 0.1) is 0 Å².